The van der Waals surface area contributed by atoms with Crippen molar-refractivity contribution < 1.29 is 17.9 Å². The number of benzene rings is 3. The van der Waals surface area contributed by atoms with Crippen LogP contribution in [0.5, 0.6) is 11.5 Å². The maximum Gasteiger partial charge on any atom is 0.322 e. The number of nitrogens with zero attached hydrogens (tertiary/aromatic N) is 2. The summed E-state index contributed by atoms with van der Waals surface area (Å²) in [7, 11) is -3.75. The van der Waals surface area contributed by atoms with E-state index in [4.69, 9.17) is 27.9 Å². The Morgan fingerprint density at radius 1 is 0.909 bits per heavy atom. The molecule has 2 aliphatic rings. The lowest BCUT2D eigenvalue weighted by Crippen LogP contribution is -2.48. The van der Waals surface area contributed by atoms with Gasteiger partial charge in [0.05, 0.1) is 10.6 Å². The number of rotatable bonds is 7. The number of ether oxygens (including phenoxy) is 1. The molecule has 10 heteroatoms. The van der Waals surface area contributed by atoms with Gasteiger partial charge in [0, 0.05) is 35.2 Å². The molecule has 2 heterocycles. The van der Waals surface area contributed by atoms with Crippen LogP contribution in [-0.2, 0) is 21.9 Å². The van der Waals surface area contributed by atoms with Gasteiger partial charge in [0.25, 0.3) is 0 Å². The fraction of sp³-hybridized carbons (Fsp3) is 0.441. The summed E-state index contributed by atoms with van der Waals surface area (Å²) in [6, 6.07) is 17.7. The van der Waals surface area contributed by atoms with Gasteiger partial charge in [-0.2, -0.15) is 4.31 Å². The zero-order valence-electron chi connectivity index (χ0n) is 25.8. The van der Waals surface area contributed by atoms with E-state index in [1.807, 2.05) is 4.90 Å². The number of sulfonamides is 1. The second kappa shape index (κ2) is 12.9. The number of hydrogen-bond donors (Lipinski definition) is 1. The van der Waals surface area contributed by atoms with Gasteiger partial charge in [0.1, 0.15) is 5.75 Å². The van der Waals surface area contributed by atoms with E-state index in [2.05, 4.69) is 57.3 Å². The fourth-order valence-corrected chi connectivity index (χ4v) is 8.17. The van der Waals surface area contributed by atoms with Crippen LogP contribution in [0.3, 0.4) is 0 Å². The molecule has 1 atom stereocenters. The standard InChI is InChI=1S/C34H41Cl2N3O4S/c1-33(2,3)25-11-9-24(10-12-25)23-34(4)15-8-18-39(34)32(40)37-30-22-29(44(41,42)38-16-6-5-7-17-38)13-14-31(30)43-28-20-26(35)19-27(36)21-28/h9-14,19-22H,5-8,15-18,23H2,1-4H3,(H,37,40). The molecule has 0 spiro atoms. The van der Waals surface area contributed by atoms with E-state index >= 15 is 0 Å². The lowest BCUT2D eigenvalue weighted by Gasteiger charge is -2.36. The van der Waals surface area contributed by atoms with E-state index in [0.717, 1.165) is 37.7 Å². The molecule has 0 bridgehead atoms. The first kappa shape index (κ1) is 32.6. The number of halogens is 2. The molecule has 2 fully saturated rings. The quantitative estimate of drug-likeness (QED) is 0.275. The number of urea groups is 1. The van der Waals surface area contributed by atoms with Gasteiger partial charge in [-0.1, -0.05) is 74.7 Å². The van der Waals surface area contributed by atoms with E-state index in [1.54, 1.807) is 24.3 Å². The van der Waals surface area contributed by atoms with Gasteiger partial charge in [-0.15, -0.1) is 0 Å². The van der Waals surface area contributed by atoms with Crippen LogP contribution >= 0.6 is 23.2 Å². The van der Waals surface area contributed by atoms with Gasteiger partial charge in [0.15, 0.2) is 5.75 Å². The lowest BCUT2D eigenvalue weighted by atomic mass is 9.85. The van der Waals surface area contributed by atoms with Crippen LogP contribution in [0.4, 0.5) is 10.5 Å². The predicted octanol–water partition coefficient (Wildman–Crippen LogP) is 8.89. The Labute approximate surface area is 271 Å². The van der Waals surface area contributed by atoms with Gasteiger partial charge < -0.3 is 15.0 Å². The highest BCUT2D eigenvalue weighted by molar-refractivity contribution is 7.89. The van der Waals surface area contributed by atoms with Crippen LogP contribution in [0.25, 0.3) is 0 Å². The summed E-state index contributed by atoms with van der Waals surface area (Å²) >= 11 is 12.4. The van der Waals surface area contributed by atoms with Crippen molar-refractivity contribution in [3.05, 3.63) is 81.8 Å². The monoisotopic (exact) mass is 657 g/mol. The molecule has 2 amide bonds. The Morgan fingerprint density at radius 3 is 2.20 bits per heavy atom. The van der Waals surface area contributed by atoms with Crippen molar-refractivity contribution in [1.29, 1.82) is 0 Å². The molecule has 236 valence electrons. The Hall–Kier alpha value is -2.78. The first-order valence-electron chi connectivity index (χ1n) is 15.2. The second-order valence-electron chi connectivity index (χ2n) is 13.1. The minimum Gasteiger partial charge on any atom is -0.455 e. The molecule has 0 radical (unpaired) electrons. The Balaban J connectivity index is 1.43. The van der Waals surface area contributed by atoms with Crippen LogP contribution in [-0.4, -0.2) is 48.8 Å². The van der Waals surface area contributed by atoms with Gasteiger partial charge in [-0.05, 0) is 92.0 Å². The summed E-state index contributed by atoms with van der Waals surface area (Å²) < 4.78 is 34.8. The molecular formula is C34H41Cl2N3O4S. The van der Waals surface area contributed by atoms with Crippen LogP contribution < -0.4 is 10.1 Å². The summed E-state index contributed by atoms with van der Waals surface area (Å²) in [4.78, 5) is 15.9. The van der Waals surface area contributed by atoms with Gasteiger partial charge in [-0.25, -0.2) is 13.2 Å². The normalized spacial score (nSPS) is 19.6. The molecule has 0 aromatic heterocycles. The Kier molecular flexibility index (Phi) is 9.57. The number of hydrogen-bond acceptors (Lipinski definition) is 4. The van der Waals surface area contributed by atoms with Crippen molar-refractivity contribution in [2.24, 2.45) is 0 Å². The third-order valence-corrected chi connectivity index (χ3v) is 10.9. The van der Waals surface area contributed by atoms with Gasteiger partial charge in [-0.3, -0.25) is 0 Å². The maximum absolute atomic E-state index is 13.9. The molecule has 3 aromatic carbocycles. The molecule has 2 saturated heterocycles. The number of nitrogens with one attached hydrogen (secondary N) is 1. The molecule has 0 aliphatic carbocycles. The molecule has 7 nitrogen and oxygen atoms in total. The summed E-state index contributed by atoms with van der Waals surface area (Å²) in [5.74, 6) is 0.655. The topological polar surface area (TPSA) is 79.0 Å². The Bertz CT molecular complexity index is 1600. The fourth-order valence-electron chi connectivity index (χ4n) is 6.12. The maximum atomic E-state index is 13.9. The third-order valence-electron chi connectivity index (χ3n) is 8.61. The number of anilines is 1. The Morgan fingerprint density at radius 2 is 1.57 bits per heavy atom. The van der Waals surface area contributed by atoms with Gasteiger partial charge >= 0.3 is 6.03 Å². The number of piperidine rings is 1. The van der Waals surface area contributed by atoms with Crippen LogP contribution in [0.1, 0.15) is 70.9 Å². The first-order valence-corrected chi connectivity index (χ1v) is 17.4. The number of amides is 2. The van der Waals surface area contributed by atoms with Crippen molar-refractivity contribution in [2.75, 3.05) is 25.0 Å². The zero-order valence-corrected chi connectivity index (χ0v) is 28.2. The molecule has 1 N–H and O–H groups in total. The van der Waals surface area contributed by atoms with Crippen LogP contribution in [0.2, 0.25) is 10.0 Å². The third kappa shape index (κ3) is 7.36. The molecule has 0 saturated carbocycles. The SMILES string of the molecule is CC(C)(C)c1ccc(CC2(C)CCCN2C(=O)Nc2cc(S(=O)(=O)N3CCCCC3)ccc2Oc2cc(Cl)cc(Cl)c2)cc1. The molecule has 5 rings (SSSR count). The minimum atomic E-state index is -3.75. The lowest BCUT2D eigenvalue weighted by molar-refractivity contribution is 0.167. The summed E-state index contributed by atoms with van der Waals surface area (Å²) in [6.45, 7) is 10.2. The minimum absolute atomic E-state index is 0.0634. The highest BCUT2D eigenvalue weighted by atomic mass is 35.5. The van der Waals surface area contributed by atoms with E-state index in [1.165, 1.54) is 22.0 Å². The van der Waals surface area contributed by atoms with Gasteiger partial charge in [0.2, 0.25) is 10.0 Å². The van der Waals surface area contributed by atoms with Crippen molar-refractivity contribution in [1.82, 2.24) is 9.21 Å². The molecule has 3 aromatic rings. The number of carbonyl (C=O) groups excluding carboxylic acids is 1. The van der Waals surface area contributed by atoms with Crippen LogP contribution in [0, 0.1) is 0 Å². The summed E-state index contributed by atoms with van der Waals surface area (Å²) in [6.07, 6.45) is 5.10. The smallest absolute Gasteiger partial charge is 0.322 e. The highest BCUT2D eigenvalue weighted by Crippen LogP contribution is 2.38. The first-order chi connectivity index (χ1) is 20.7. The molecule has 2 aliphatic heterocycles. The van der Waals surface area contributed by atoms with E-state index in [0.29, 0.717) is 41.8 Å². The molecule has 44 heavy (non-hydrogen) atoms. The van der Waals surface area contributed by atoms with Crippen molar-refractivity contribution in [3.8, 4) is 11.5 Å². The highest BCUT2D eigenvalue weighted by Gasteiger charge is 2.40. The average Bonchev–Trinajstić information content (AvgIpc) is 3.34. The van der Waals surface area contributed by atoms with Crippen molar-refractivity contribution in [2.45, 2.75) is 82.1 Å². The predicted molar refractivity (Wildman–Crippen MR) is 178 cm³/mol. The van der Waals surface area contributed by atoms with Crippen molar-refractivity contribution >= 4 is 44.9 Å². The van der Waals surface area contributed by atoms with Crippen molar-refractivity contribution in [3.63, 3.8) is 0 Å². The summed E-state index contributed by atoms with van der Waals surface area (Å²) in [5, 5.41) is 3.79. The van der Waals surface area contributed by atoms with E-state index < -0.39 is 15.6 Å². The van der Waals surface area contributed by atoms with E-state index in [-0.39, 0.29) is 27.8 Å². The number of carbonyl (C=O) groups is 1. The van der Waals surface area contributed by atoms with E-state index in [9.17, 15) is 13.2 Å². The largest absolute Gasteiger partial charge is 0.455 e. The summed E-state index contributed by atoms with van der Waals surface area (Å²) in [5.41, 5.74) is 2.34. The second-order valence-corrected chi connectivity index (χ2v) is 15.9. The average molecular weight is 659 g/mol. The molecular weight excluding hydrogens is 617 g/mol. The number of likely N-dealkylation sites (tertiary alicyclic amines) is 1. The molecule has 1 unspecified atom stereocenters. The zero-order chi connectivity index (χ0) is 31.7. The van der Waals surface area contributed by atoms with Crippen LogP contribution in [0.15, 0.2) is 65.6 Å².